The summed E-state index contributed by atoms with van der Waals surface area (Å²) in [6.07, 6.45) is 3.72. The lowest BCUT2D eigenvalue weighted by atomic mass is 10.1. The second kappa shape index (κ2) is 6.97. The minimum absolute atomic E-state index is 0.0804. The smallest absolute Gasteiger partial charge is 0.346 e. The summed E-state index contributed by atoms with van der Waals surface area (Å²) in [4.78, 5) is 7.01. The van der Waals surface area contributed by atoms with Crippen molar-refractivity contribution < 1.29 is 17.5 Å². The number of hydrogen-bond acceptors (Lipinski definition) is 4. The summed E-state index contributed by atoms with van der Waals surface area (Å²) in [6, 6.07) is 0.0804. The molecule has 0 aliphatic carbocycles. The first-order valence-corrected chi connectivity index (χ1v) is 6.59. The number of halogens is 1. The maximum absolute atomic E-state index is 8.74. The van der Waals surface area contributed by atoms with Gasteiger partial charge in [-0.1, -0.05) is 13.3 Å². The molecule has 1 unspecified atom stereocenters. The Morgan fingerprint density at radius 3 is 2.44 bits per heavy atom. The van der Waals surface area contributed by atoms with Crippen molar-refractivity contribution in [1.82, 2.24) is 9.97 Å². The van der Waals surface area contributed by atoms with Crippen molar-refractivity contribution >= 4 is 26.3 Å². The molecular formula is C7H14BrN3O4S. The highest BCUT2D eigenvalue weighted by Crippen LogP contribution is 2.20. The zero-order chi connectivity index (χ0) is 12.8. The first-order chi connectivity index (χ1) is 7.25. The van der Waals surface area contributed by atoms with Crippen molar-refractivity contribution in [1.29, 1.82) is 0 Å². The van der Waals surface area contributed by atoms with Gasteiger partial charge in [-0.3, -0.25) is 9.11 Å². The van der Waals surface area contributed by atoms with Crippen LogP contribution < -0.4 is 5.73 Å². The van der Waals surface area contributed by atoms with E-state index < -0.39 is 10.4 Å². The van der Waals surface area contributed by atoms with Gasteiger partial charge in [0.1, 0.15) is 4.60 Å². The Morgan fingerprint density at radius 2 is 2.12 bits per heavy atom. The summed E-state index contributed by atoms with van der Waals surface area (Å²) in [5.41, 5.74) is 6.84. The van der Waals surface area contributed by atoms with E-state index >= 15 is 0 Å². The summed E-state index contributed by atoms with van der Waals surface area (Å²) in [6.45, 7) is 2.12. The molecule has 0 fully saturated rings. The number of aromatic amines is 1. The number of rotatable bonds is 3. The molecule has 0 bridgehead atoms. The Hall–Kier alpha value is -0.480. The minimum atomic E-state index is -4.67. The Kier molecular flexibility index (Phi) is 6.76. The maximum atomic E-state index is 8.74. The average Bonchev–Trinajstić information content (AvgIpc) is 2.48. The zero-order valence-electron chi connectivity index (χ0n) is 8.59. The van der Waals surface area contributed by atoms with E-state index in [-0.39, 0.29) is 6.04 Å². The van der Waals surface area contributed by atoms with E-state index in [0.29, 0.717) is 0 Å². The first kappa shape index (κ1) is 15.5. The summed E-state index contributed by atoms with van der Waals surface area (Å²) in [7, 11) is -4.67. The van der Waals surface area contributed by atoms with Gasteiger partial charge in [-0.2, -0.15) is 8.42 Å². The summed E-state index contributed by atoms with van der Waals surface area (Å²) >= 11 is 3.31. The predicted molar refractivity (Wildman–Crippen MR) is 62.3 cm³/mol. The van der Waals surface area contributed by atoms with Gasteiger partial charge in [0, 0.05) is 6.04 Å². The summed E-state index contributed by atoms with van der Waals surface area (Å²) in [5, 5.41) is 0. The molecule has 94 valence electrons. The summed E-state index contributed by atoms with van der Waals surface area (Å²) < 4.78 is 32.4. The average molecular weight is 316 g/mol. The molecule has 7 nitrogen and oxygen atoms in total. The van der Waals surface area contributed by atoms with Crippen LogP contribution in [0, 0.1) is 0 Å². The van der Waals surface area contributed by atoms with Gasteiger partial charge in [0.2, 0.25) is 0 Å². The quantitative estimate of drug-likeness (QED) is 0.622. The Morgan fingerprint density at radius 1 is 1.62 bits per heavy atom. The molecular weight excluding hydrogens is 302 g/mol. The predicted octanol–water partition coefficient (Wildman–Crippen LogP) is 1.32. The van der Waals surface area contributed by atoms with Gasteiger partial charge in [-0.05, 0) is 22.4 Å². The highest BCUT2D eigenvalue weighted by Gasteiger charge is 2.09. The van der Waals surface area contributed by atoms with Crippen LogP contribution in [0.5, 0.6) is 0 Å². The topological polar surface area (TPSA) is 129 Å². The van der Waals surface area contributed by atoms with Crippen molar-refractivity contribution in [2.24, 2.45) is 5.73 Å². The van der Waals surface area contributed by atoms with Crippen molar-refractivity contribution in [3.63, 3.8) is 0 Å². The molecule has 1 aromatic heterocycles. The van der Waals surface area contributed by atoms with Crippen LogP contribution in [0.3, 0.4) is 0 Å². The molecule has 1 aromatic rings. The normalized spacial score (nSPS) is 12.8. The van der Waals surface area contributed by atoms with Crippen LogP contribution in [-0.4, -0.2) is 27.5 Å². The number of H-pyrrole nitrogens is 1. The lowest BCUT2D eigenvalue weighted by Gasteiger charge is -2.07. The molecule has 0 saturated heterocycles. The highest BCUT2D eigenvalue weighted by atomic mass is 79.9. The Bertz CT molecular complexity index is 398. The molecule has 1 heterocycles. The van der Waals surface area contributed by atoms with Crippen LogP contribution in [0.2, 0.25) is 0 Å². The monoisotopic (exact) mass is 315 g/mol. The third kappa shape index (κ3) is 7.77. The van der Waals surface area contributed by atoms with Gasteiger partial charge in [0.05, 0.1) is 12.0 Å². The van der Waals surface area contributed by atoms with Gasteiger partial charge in [0.15, 0.2) is 0 Å². The van der Waals surface area contributed by atoms with Crippen molar-refractivity contribution in [3.8, 4) is 0 Å². The van der Waals surface area contributed by atoms with Crippen LogP contribution in [-0.2, 0) is 10.4 Å². The van der Waals surface area contributed by atoms with Crippen LogP contribution in [0.25, 0.3) is 0 Å². The van der Waals surface area contributed by atoms with Gasteiger partial charge in [-0.15, -0.1) is 0 Å². The fourth-order valence-corrected chi connectivity index (χ4v) is 1.51. The van der Waals surface area contributed by atoms with Gasteiger partial charge in [0.25, 0.3) is 0 Å². The molecule has 0 aromatic carbocycles. The molecule has 16 heavy (non-hydrogen) atoms. The SMILES string of the molecule is CCCC(N)c1[nH]cnc1Br.O=S(=O)(O)O. The lowest BCUT2D eigenvalue weighted by Crippen LogP contribution is -2.10. The van der Waals surface area contributed by atoms with Crippen LogP contribution >= 0.6 is 15.9 Å². The standard InChI is InChI=1S/C7H12BrN3.H2O4S/c1-2-3-5(9)6-7(8)11-4-10-6;1-5(2,3)4/h4-5H,2-3,9H2,1H3,(H,10,11);(H2,1,2,3,4). The molecule has 0 amide bonds. The maximum Gasteiger partial charge on any atom is 0.394 e. The molecule has 1 atom stereocenters. The van der Waals surface area contributed by atoms with Crippen molar-refractivity contribution in [3.05, 3.63) is 16.6 Å². The molecule has 0 spiro atoms. The number of nitrogens with zero attached hydrogens (tertiary/aromatic N) is 1. The molecule has 9 heteroatoms. The Balaban J connectivity index is 0.000000385. The number of aromatic nitrogens is 2. The number of nitrogens with one attached hydrogen (secondary N) is 1. The molecule has 1 rings (SSSR count). The zero-order valence-corrected chi connectivity index (χ0v) is 11.0. The van der Waals surface area contributed by atoms with Crippen LogP contribution in [0.4, 0.5) is 0 Å². The molecule has 0 aliphatic rings. The van der Waals surface area contributed by atoms with Gasteiger partial charge < -0.3 is 10.7 Å². The van der Waals surface area contributed by atoms with E-state index in [9.17, 15) is 0 Å². The van der Waals surface area contributed by atoms with E-state index in [2.05, 4.69) is 32.8 Å². The fourth-order valence-electron chi connectivity index (χ4n) is 1.00. The van der Waals surface area contributed by atoms with Gasteiger partial charge >= 0.3 is 10.4 Å². The third-order valence-corrected chi connectivity index (χ3v) is 2.22. The molecule has 0 radical (unpaired) electrons. The van der Waals surface area contributed by atoms with E-state index in [1.165, 1.54) is 0 Å². The second-order valence-electron chi connectivity index (χ2n) is 2.95. The largest absolute Gasteiger partial charge is 0.394 e. The molecule has 0 saturated carbocycles. The van der Waals surface area contributed by atoms with E-state index in [4.69, 9.17) is 23.3 Å². The van der Waals surface area contributed by atoms with E-state index in [0.717, 1.165) is 23.1 Å². The number of hydrogen-bond donors (Lipinski definition) is 4. The number of imidazole rings is 1. The van der Waals surface area contributed by atoms with Crippen LogP contribution in [0.1, 0.15) is 31.5 Å². The van der Waals surface area contributed by atoms with E-state index in [1.54, 1.807) is 6.33 Å². The van der Waals surface area contributed by atoms with Crippen molar-refractivity contribution in [2.75, 3.05) is 0 Å². The first-order valence-electron chi connectivity index (χ1n) is 4.40. The minimum Gasteiger partial charge on any atom is -0.346 e. The molecule has 5 N–H and O–H groups in total. The fraction of sp³-hybridized carbons (Fsp3) is 0.571. The second-order valence-corrected chi connectivity index (χ2v) is 4.60. The van der Waals surface area contributed by atoms with Gasteiger partial charge in [-0.25, -0.2) is 4.98 Å². The molecule has 0 aliphatic heterocycles. The summed E-state index contributed by atoms with van der Waals surface area (Å²) in [5.74, 6) is 0. The van der Waals surface area contributed by atoms with Crippen molar-refractivity contribution in [2.45, 2.75) is 25.8 Å². The highest BCUT2D eigenvalue weighted by molar-refractivity contribution is 9.10. The Labute approximate surface area is 102 Å². The van der Waals surface area contributed by atoms with E-state index in [1.807, 2.05) is 0 Å². The lowest BCUT2D eigenvalue weighted by molar-refractivity contribution is 0.381. The van der Waals surface area contributed by atoms with Crippen LogP contribution in [0.15, 0.2) is 10.9 Å². The number of nitrogens with two attached hydrogens (primary N) is 1. The third-order valence-electron chi connectivity index (χ3n) is 1.59.